The van der Waals surface area contributed by atoms with Crippen LogP contribution in [0.5, 0.6) is 0 Å². The van der Waals surface area contributed by atoms with Gasteiger partial charge in [0, 0.05) is 22.4 Å². The lowest BCUT2D eigenvalue weighted by Crippen LogP contribution is -2.36. The lowest BCUT2D eigenvalue weighted by atomic mass is 10.2. The number of carbonyl (C=O) groups is 1. The van der Waals surface area contributed by atoms with E-state index in [2.05, 4.69) is 9.97 Å². The number of aromatic nitrogens is 4. The molecular weight excluding hydrogens is 442 g/mol. The fourth-order valence-corrected chi connectivity index (χ4v) is 6.13. The molecule has 1 N–H and O–H groups in total. The zero-order chi connectivity index (χ0) is 21.7. The van der Waals surface area contributed by atoms with Crippen LogP contribution in [0, 0.1) is 0 Å². The summed E-state index contributed by atoms with van der Waals surface area (Å²) in [7, 11) is 0. The molecule has 1 amide bonds. The largest absolute Gasteiger partial charge is 0.340 e. The van der Waals surface area contributed by atoms with E-state index in [0.29, 0.717) is 16.8 Å². The molecule has 160 valence electrons. The first-order valence-electron chi connectivity index (χ1n) is 10.4. The number of benzene rings is 1. The Morgan fingerprint density at radius 2 is 2.09 bits per heavy atom. The molecule has 5 heterocycles. The van der Waals surface area contributed by atoms with Crippen molar-refractivity contribution in [3.63, 3.8) is 0 Å². The molecule has 6 rings (SSSR count). The molecule has 7 nitrogen and oxygen atoms in total. The average molecular weight is 462 g/mol. The number of nitrogens with zero attached hydrogens (tertiary/aromatic N) is 4. The summed E-state index contributed by atoms with van der Waals surface area (Å²) in [5.41, 5.74) is 2.57. The van der Waals surface area contributed by atoms with E-state index in [-0.39, 0.29) is 24.1 Å². The van der Waals surface area contributed by atoms with Gasteiger partial charge in [-0.2, -0.15) is 0 Å². The minimum absolute atomic E-state index is 0.0295. The van der Waals surface area contributed by atoms with Crippen LogP contribution in [-0.2, 0) is 11.3 Å². The highest BCUT2D eigenvalue weighted by molar-refractivity contribution is 7.18. The van der Waals surface area contributed by atoms with Crippen LogP contribution in [0.15, 0.2) is 58.3 Å². The molecule has 1 aliphatic rings. The molecule has 0 radical (unpaired) electrons. The normalized spacial score (nSPS) is 16.4. The van der Waals surface area contributed by atoms with E-state index in [0.717, 1.165) is 40.1 Å². The number of thiophene rings is 2. The monoisotopic (exact) mass is 461 g/mol. The van der Waals surface area contributed by atoms with Crippen molar-refractivity contribution in [2.75, 3.05) is 6.54 Å². The minimum atomic E-state index is -0.174. The summed E-state index contributed by atoms with van der Waals surface area (Å²) in [4.78, 5) is 42.6. The Morgan fingerprint density at radius 1 is 1.19 bits per heavy atom. The maximum atomic E-state index is 13.3. The Labute approximate surface area is 191 Å². The summed E-state index contributed by atoms with van der Waals surface area (Å²) in [5.74, 6) is 0.708. The van der Waals surface area contributed by atoms with E-state index in [9.17, 15) is 9.59 Å². The van der Waals surface area contributed by atoms with E-state index in [1.54, 1.807) is 11.3 Å². The minimum Gasteiger partial charge on any atom is -0.340 e. The molecule has 0 aliphatic carbocycles. The van der Waals surface area contributed by atoms with Crippen molar-refractivity contribution in [2.45, 2.75) is 25.4 Å². The molecular formula is C23H19N5O2S2. The summed E-state index contributed by atoms with van der Waals surface area (Å²) >= 11 is 3.04. The molecule has 4 aromatic heterocycles. The number of hydrogen-bond acceptors (Lipinski definition) is 6. The maximum Gasteiger partial charge on any atom is 0.263 e. The smallest absolute Gasteiger partial charge is 0.263 e. The molecule has 1 fully saturated rings. The molecule has 32 heavy (non-hydrogen) atoms. The highest BCUT2D eigenvalue weighted by atomic mass is 32.1. The van der Waals surface area contributed by atoms with Crippen molar-refractivity contribution < 1.29 is 4.79 Å². The average Bonchev–Trinajstić information content (AvgIpc) is 3.60. The molecule has 5 aromatic rings. The molecule has 0 spiro atoms. The molecule has 1 aromatic carbocycles. The first-order valence-corrected chi connectivity index (χ1v) is 12.2. The number of carbonyl (C=O) groups excluding carboxylic acids is 1. The van der Waals surface area contributed by atoms with Crippen LogP contribution in [0.25, 0.3) is 31.7 Å². The van der Waals surface area contributed by atoms with E-state index < -0.39 is 0 Å². The van der Waals surface area contributed by atoms with Gasteiger partial charge in [0.15, 0.2) is 0 Å². The Morgan fingerprint density at radius 3 is 2.94 bits per heavy atom. The number of fused-ring (bicyclic) bond motifs is 2. The Bertz CT molecular complexity index is 1460. The molecule has 1 atom stereocenters. The topological polar surface area (TPSA) is 83.9 Å². The zero-order valence-electron chi connectivity index (χ0n) is 17.0. The summed E-state index contributed by atoms with van der Waals surface area (Å²) in [6.07, 6.45) is 3.25. The second-order valence-electron chi connectivity index (χ2n) is 7.87. The second kappa shape index (κ2) is 7.68. The zero-order valence-corrected chi connectivity index (χ0v) is 18.7. The third-order valence-corrected chi connectivity index (χ3v) is 7.74. The predicted molar refractivity (Wildman–Crippen MR) is 127 cm³/mol. The van der Waals surface area contributed by atoms with Crippen LogP contribution < -0.4 is 5.56 Å². The number of imidazole rings is 1. The Hall–Kier alpha value is -3.30. The van der Waals surface area contributed by atoms with Gasteiger partial charge < -0.3 is 9.88 Å². The van der Waals surface area contributed by atoms with Crippen molar-refractivity contribution in [3.8, 4) is 10.4 Å². The van der Waals surface area contributed by atoms with Gasteiger partial charge in [0.05, 0.1) is 28.8 Å². The third-order valence-electron chi connectivity index (χ3n) is 5.95. The van der Waals surface area contributed by atoms with Gasteiger partial charge in [-0.15, -0.1) is 22.7 Å². The quantitative estimate of drug-likeness (QED) is 0.429. The lowest BCUT2D eigenvalue weighted by Gasteiger charge is -2.23. The molecule has 9 heteroatoms. The van der Waals surface area contributed by atoms with Gasteiger partial charge in [0.25, 0.3) is 5.56 Å². The van der Waals surface area contributed by atoms with Crippen LogP contribution >= 0.6 is 22.7 Å². The van der Waals surface area contributed by atoms with Crippen LogP contribution in [0.1, 0.15) is 24.7 Å². The first-order chi connectivity index (χ1) is 15.7. The van der Waals surface area contributed by atoms with Crippen molar-refractivity contribution in [1.82, 2.24) is 24.4 Å². The highest BCUT2D eigenvalue weighted by Gasteiger charge is 2.32. The van der Waals surface area contributed by atoms with Crippen molar-refractivity contribution in [3.05, 3.63) is 69.7 Å². The molecule has 0 bridgehead atoms. The van der Waals surface area contributed by atoms with Crippen molar-refractivity contribution in [1.29, 1.82) is 0 Å². The molecule has 1 saturated heterocycles. The molecule has 0 saturated carbocycles. The Balaban J connectivity index is 1.31. The van der Waals surface area contributed by atoms with Crippen LogP contribution in [0.4, 0.5) is 0 Å². The lowest BCUT2D eigenvalue weighted by molar-refractivity contribution is -0.133. The number of para-hydroxylation sites is 2. The number of rotatable bonds is 4. The number of nitrogens with one attached hydrogen (secondary N) is 1. The van der Waals surface area contributed by atoms with Crippen molar-refractivity contribution in [2.24, 2.45) is 0 Å². The Kier molecular flexibility index (Phi) is 4.65. The standard InChI is InChI=1S/C23H19N5O2S2/c29-19(28-9-3-7-17(28)21-25-15-5-1-2-6-16(15)26-21)11-27-13-24-22-20(23(27)30)14(12-32-22)18-8-4-10-31-18/h1-2,4-6,8,10,12-13,17H,3,7,9,11H2,(H,25,26). The van der Waals surface area contributed by atoms with Crippen LogP contribution in [-0.4, -0.2) is 36.9 Å². The fraction of sp³-hybridized carbons (Fsp3) is 0.217. The number of hydrogen-bond donors (Lipinski definition) is 1. The summed E-state index contributed by atoms with van der Waals surface area (Å²) in [6.45, 7) is 0.627. The third kappa shape index (κ3) is 3.16. The van der Waals surface area contributed by atoms with Gasteiger partial charge in [0.1, 0.15) is 17.2 Å². The highest BCUT2D eigenvalue weighted by Crippen LogP contribution is 2.34. The fourth-order valence-electron chi connectivity index (χ4n) is 4.41. The van der Waals surface area contributed by atoms with Gasteiger partial charge >= 0.3 is 0 Å². The number of amides is 1. The summed E-state index contributed by atoms with van der Waals surface area (Å²) in [5, 5.41) is 4.54. The molecule has 1 unspecified atom stereocenters. The van der Waals surface area contributed by atoms with E-state index >= 15 is 0 Å². The van der Waals surface area contributed by atoms with Crippen molar-refractivity contribution >= 4 is 49.8 Å². The summed E-state index contributed by atoms with van der Waals surface area (Å²) in [6, 6.07) is 11.7. The van der Waals surface area contributed by atoms with Gasteiger partial charge in [-0.25, -0.2) is 9.97 Å². The SMILES string of the molecule is O=C(Cn1cnc2scc(-c3cccs3)c2c1=O)N1CCCC1c1nc2ccccc2[nH]1. The van der Waals surface area contributed by atoms with Gasteiger partial charge in [0.2, 0.25) is 5.91 Å². The number of aromatic amines is 1. The van der Waals surface area contributed by atoms with E-state index in [1.807, 2.05) is 52.1 Å². The number of H-pyrrole nitrogens is 1. The molecule has 1 aliphatic heterocycles. The van der Waals surface area contributed by atoms with E-state index in [4.69, 9.17) is 4.98 Å². The second-order valence-corrected chi connectivity index (χ2v) is 9.67. The van der Waals surface area contributed by atoms with Crippen LogP contribution in [0.3, 0.4) is 0 Å². The predicted octanol–water partition coefficient (Wildman–Crippen LogP) is 4.43. The van der Waals surface area contributed by atoms with Crippen LogP contribution in [0.2, 0.25) is 0 Å². The first kappa shape index (κ1) is 19.4. The summed E-state index contributed by atoms with van der Waals surface area (Å²) < 4.78 is 1.43. The maximum absolute atomic E-state index is 13.3. The van der Waals surface area contributed by atoms with E-state index in [1.165, 1.54) is 22.2 Å². The van der Waals surface area contributed by atoms with Gasteiger partial charge in [-0.3, -0.25) is 14.2 Å². The van der Waals surface area contributed by atoms with Gasteiger partial charge in [-0.1, -0.05) is 18.2 Å². The van der Waals surface area contributed by atoms with Gasteiger partial charge in [-0.05, 0) is 36.4 Å². The number of likely N-dealkylation sites (tertiary alicyclic amines) is 1.